The van der Waals surface area contributed by atoms with Crippen LogP contribution in [0.1, 0.15) is 5.56 Å². The van der Waals surface area contributed by atoms with Crippen molar-refractivity contribution in [2.75, 3.05) is 18.9 Å². The number of carbonyl (C=O) groups is 1. The Morgan fingerprint density at radius 3 is 2.67 bits per heavy atom. The molecule has 24 heavy (non-hydrogen) atoms. The lowest BCUT2D eigenvalue weighted by Gasteiger charge is -2.14. The van der Waals surface area contributed by atoms with E-state index in [-0.39, 0.29) is 29.0 Å². The monoisotopic (exact) mass is 352 g/mol. The molecule has 0 aliphatic rings. The molecule has 2 rings (SSSR count). The summed E-state index contributed by atoms with van der Waals surface area (Å²) in [4.78, 5) is 22.9. The first-order valence-corrected chi connectivity index (χ1v) is 7.53. The molecule has 8 heteroatoms. The Hall–Kier alpha value is -2.51. The van der Waals surface area contributed by atoms with Gasteiger partial charge in [0.05, 0.1) is 22.7 Å². The Labute approximate surface area is 143 Å². The minimum atomic E-state index is -0.566. The fourth-order valence-electron chi connectivity index (χ4n) is 2.22. The standard InChI is InChI=1S/C16H15ClFN3O3/c1-20(9-11-4-2-3-5-14(11)18)10-16(22)19-15-7-6-12(21(23)24)8-13(15)17/h2-8H,9-10H2,1H3,(H,19,22)/p+1. The summed E-state index contributed by atoms with van der Waals surface area (Å²) in [6.45, 7) is 0.454. The molecular formula is C16H16ClFN3O3+. The van der Waals surface area contributed by atoms with Gasteiger partial charge in [-0.25, -0.2) is 4.39 Å². The van der Waals surface area contributed by atoms with Crippen molar-refractivity contribution in [1.29, 1.82) is 0 Å². The fraction of sp³-hybridized carbons (Fsp3) is 0.188. The molecule has 0 saturated heterocycles. The molecule has 1 amide bonds. The lowest BCUT2D eigenvalue weighted by molar-refractivity contribution is -0.885. The average Bonchev–Trinajstić information content (AvgIpc) is 2.51. The molecule has 0 radical (unpaired) electrons. The van der Waals surface area contributed by atoms with E-state index in [0.29, 0.717) is 17.8 Å². The minimum absolute atomic E-state index is 0.0873. The van der Waals surface area contributed by atoms with Crippen LogP contribution in [0.2, 0.25) is 5.02 Å². The van der Waals surface area contributed by atoms with Crippen LogP contribution in [0.3, 0.4) is 0 Å². The quantitative estimate of drug-likeness (QED) is 0.617. The van der Waals surface area contributed by atoms with E-state index >= 15 is 0 Å². The summed E-state index contributed by atoms with van der Waals surface area (Å²) in [6, 6.07) is 10.2. The van der Waals surface area contributed by atoms with Crippen LogP contribution in [0.4, 0.5) is 15.8 Å². The van der Waals surface area contributed by atoms with Crippen molar-refractivity contribution >= 4 is 28.9 Å². The van der Waals surface area contributed by atoms with Crippen molar-refractivity contribution < 1.29 is 19.0 Å². The lowest BCUT2D eigenvalue weighted by atomic mass is 10.2. The summed E-state index contributed by atoms with van der Waals surface area (Å²) in [6.07, 6.45) is 0. The van der Waals surface area contributed by atoms with Crippen molar-refractivity contribution in [2.24, 2.45) is 0 Å². The number of amides is 1. The average molecular weight is 353 g/mol. The summed E-state index contributed by atoms with van der Waals surface area (Å²) in [7, 11) is 1.77. The summed E-state index contributed by atoms with van der Waals surface area (Å²) in [5.41, 5.74) is 0.669. The first-order valence-electron chi connectivity index (χ1n) is 7.15. The first-order chi connectivity index (χ1) is 11.4. The fourth-order valence-corrected chi connectivity index (χ4v) is 2.44. The van der Waals surface area contributed by atoms with Gasteiger partial charge in [-0.1, -0.05) is 29.8 Å². The minimum Gasteiger partial charge on any atom is -0.326 e. The molecule has 6 nitrogen and oxygen atoms in total. The zero-order valence-corrected chi connectivity index (χ0v) is 13.6. The number of hydrogen-bond donors (Lipinski definition) is 2. The lowest BCUT2D eigenvalue weighted by Crippen LogP contribution is -3.08. The number of likely N-dealkylation sites (N-methyl/N-ethyl adjacent to an activating group) is 1. The number of rotatable bonds is 6. The van der Waals surface area contributed by atoms with Crippen LogP contribution >= 0.6 is 11.6 Å². The van der Waals surface area contributed by atoms with Crippen LogP contribution in [0.15, 0.2) is 42.5 Å². The summed E-state index contributed by atoms with van der Waals surface area (Å²) >= 11 is 5.93. The van der Waals surface area contributed by atoms with E-state index < -0.39 is 4.92 Å². The van der Waals surface area contributed by atoms with Gasteiger partial charge < -0.3 is 10.2 Å². The predicted octanol–water partition coefficient (Wildman–Crippen LogP) is 2.04. The summed E-state index contributed by atoms with van der Waals surface area (Å²) < 4.78 is 13.6. The Balaban J connectivity index is 1.95. The van der Waals surface area contributed by atoms with E-state index in [2.05, 4.69) is 5.32 Å². The highest BCUT2D eigenvalue weighted by Gasteiger charge is 2.15. The van der Waals surface area contributed by atoms with E-state index in [9.17, 15) is 19.3 Å². The summed E-state index contributed by atoms with van der Waals surface area (Å²) in [5, 5.41) is 13.3. The normalized spacial score (nSPS) is 11.8. The Morgan fingerprint density at radius 2 is 2.04 bits per heavy atom. The molecule has 2 aromatic carbocycles. The second-order valence-electron chi connectivity index (χ2n) is 5.37. The van der Waals surface area contributed by atoms with Gasteiger partial charge in [-0.15, -0.1) is 0 Å². The number of quaternary nitrogens is 1. The molecule has 1 unspecified atom stereocenters. The number of non-ortho nitro benzene ring substituents is 1. The molecule has 0 aromatic heterocycles. The van der Waals surface area contributed by atoms with Crippen LogP contribution < -0.4 is 10.2 Å². The van der Waals surface area contributed by atoms with Crippen LogP contribution in [0.25, 0.3) is 0 Å². The third-order valence-corrected chi connectivity index (χ3v) is 3.66. The van der Waals surface area contributed by atoms with Gasteiger partial charge in [0.2, 0.25) is 0 Å². The molecule has 126 valence electrons. The third kappa shape index (κ3) is 4.74. The zero-order valence-electron chi connectivity index (χ0n) is 12.9. The number of nitrogens with zero attached hydrogens (tertiary/aromatic N) is 1. The number of benzene rings is 2. The van der Waals surface area contributed by atoms with E-state index in [1.54, 1.807) is 25.2 Å². The second-order valence-corrected chi connectivity index (χ2v) is 5.78. The molecule has 0 spiro atoms. The van der Waals surface area contributed by atoms with Crippen molar-refractivity contribution in [1.82, 2.24) is 0 Å². The first kappa shape index (κ1) is 17.8. The molecule has 2 N–H and O–H groups in total. The van der Waals surface area contributed by atoms with Crippen molar-refractivity contribution in [3.8, 4) is 0 Å². The van der Waals surface area contributed by atoms with Crippen LogP contribution in [0, 0.1) is 15.9 Å². The maximum Gasteiger partial charge on any atom is 0.279 e. The highest BCUT2D eigenvalue weighted by molar-refractivity contribution is 6.33. The van der Waals surface area contributed by atoms with Crippen LogP contribution in [-0.2, 0) is 11.3 Å². The Kier molecular flexibility index (Phi) is 5.83. The van der Waals surface area contributed by atoms with Crippen molar-refractivity contribution in [3.05, 3.63) is 69.0 Å². The second kappa shape index (κ2) is 7.85. The molecule has 0 bridgehead atoms. The number of nitrogens with one attached hydrogen (secondary N) is 2. The highest BCUT2D eigenvalue weighted by Crippen LogP contribution is 2.26. The third-order valence-electron chi connectivity index (χ3n) is 3.35. The van der Waals surface area contributed by atoms with Crippen LogP contribution in [0.5, 0.6) is 0 Å². The predicted molar refractivity (Wildman–Crippen MR) is 88.6 cm³/mol. The maximum absolute atomic E-state index is 13.6. The Morgan fingerprint density at radius 1 is 1.33 bits per heavy atom. The number of nitro groups is 1. The van der Waals surface area contributed by atoms with E-state index in [4.69, 9.17) is 11.6 Å². The molecule has 0 heterocycles. The molecular weight excluding hydrogens is 337 g/mol. The number of carbonyl (C=O) groups excluding carboxylic acids is 1. The topological polar surface area (TPSA) is 76.7 Å². The zero-order chi connectivity index (χ0) is 17.7. The van der Waals surface area contributed by atoms with Gasteiger partial charge in [0.1, 0.15) is 12.4 Å². The number of halogens is 2. The van der Waals surface area contributed by atoms with Gasteiger partial charge >= 0.3 is 0 Å². The molecule has 0 saturated carbocycles. The van der Waals surface area contributed by atoms with E-state index in [1.165, 1.54) is 24.3 Å². The van der Waals surface area contributed by atoms with Crippen molar-refractivity contribution in [3.63, 3.8) is 0 Å². The maximum atomic E-state index is 13.6. The smallest absolute Gasteiger partial charge is 0.279 e. The van der Waals surface area contributed by atoms with Gasteiger partial charge in [-0.3, -0.25) is 14.9 Å². The van der Waals surface area contributed by atoms with E-state index in [1.807, 2.05) is 0 Å². The molecule has 2 aromatic rings. The van der Waals surface area contributed by atoms with Gasteiger partial charge in [0.15, 0.2) is 6.54 Å². The van der Waals surface area contributed by atoms with Gasteiger partial charge in [-0.2, -0.15) is 0 Å². The number of nitro benzene ring substituents is 1. The van der Waals surface area contributed by atoms with Crippen LogP contribution in [-0.4, -0.2) is 24.4 Å². The van der Waals surface area contributed by atoms with Crippen molar-refractivity contribution in [2.45, 2.75) is 6.54 Å². The van der Waals surface area contributed by atoms with Gasteiger partial charge in [-0.05, 0) is 12.1 Å². The molecule has 0 fully saturated rings. The number of hydrogen-bond acceptors (Lipinski definition) is 3. The number of anilines is 1. The Bertz CT molecular complexity index is 770. The van der Waals surface area contributed by atoms with Gasteiger partial charge in [0.25, 0.3) is 11.6 Å². The van der Waals surface area contributed by atoms with Gasteiger partial charge in [0, 0.05) is 17.7 Å². The summed E-state index contributed by atoms with van der Waals surface area (Å²) in [5.74, 6) is -0.629. The highest BCUT2D eigenvalue weighted by atomic mass is 35.5. The molecule has 0 aliphatic heterocycles. The van der Waals surface area contributed by atoms with E-state index in [0.717, 1.165) is 4.90 Å². The SMILES string of the molecule is C[NH+](CC(=O)Nc1ccc([N+](=O)[O-])cc1Cl)Cc1ccccc1F. The largest absolute Gasteiger partial charge is 0.326 e. The molecule has 0 aliphatic carbocycles. The molecule has 1 atom stereocenters.